The smallest absolute Gasteiger partial charge is 0.0635 e. The summed E-state index contributed by atoms with van der Waals surface area (Å²) in [6, 6.07) is 12.8. The molecular weight excluding hydrogens is 295 g/mol. The van der Waals surface area contributed by atoms with Crippen LogP contribution in [-0.2, 0) is 24.2 Å². The third-order valence-corrected chi connectivity index (χ3v) is 2.13. The first-order chi connectivity index (χ1) is 8.31. The van der Waals surface area contributed by atoms with Gasteiger partial charge in [0.15, 0.2) is 0 Å². The van der Waals surface area contributed by atoms with E-state index < -0.39 is 0 Å². The van der Waals surface area contributed by atoms with E-state index in [1.807, 2.05) is 0 Å². The van der Waals surface area contributed by atoms with Crippen LogP contribution in [0.3, 0.4) is 0 Å². The first-order valence-corrected chi connectivity index (χ1v) is 7.46. The van der Waals surface area contributed by atoms with Gasteiger partial charge in [-0.15, -0.1) is 0 Å². The average molecular weight is 320 g/mol. The molecule has 0 bridgehead atoms. The molecule has 0 N–H and O–H groups in total. The first kappa shape index (κ1) is 17.5. The standard InChI is InChI=1S/2C7H9.C3H6.Zr/c2*1-6-3-4-7(2)5-6;1-3-2;/h2*3-5H,1-2H3;1-2H3;/q2*-1;;+2. The van der Waals surface area contributed by atoms with Crippen molar-refractivity contribution in [2.24, 2.45) is 0 Å². The molecule has 18 heavy (non-hydrogen) atoms. The summed E-state index contributed by atoms with van der Waals surface area (Å²) in [7, 11) is 0. The molecule has 2 rings (SSSR count). The van der Waals surface area contributed by atoms with Crippen molar-refractivity contribution in [3.8, 4) is 0 Å². The fourth-order valence-electron chi connectivity index (χ4n) is 1.44. The second-order valence-electron chi connectivity index (χ2n) is 4.93. The molecule has 0 atom stereocenters. The summed E-state index contributed by atoms with van der Waals surface area (Å²) in [6.45, 7) is 12.7. The van der Waals surface area contributed by atoms with Crippen LogP contribution in [0, 0.1) is 27.7 Å². The molecule has 0 saturated carbocycles. The van der Waals surface area contributed by atoms with E-state index in [1.54, 1.807) is 24.2 Å². The SMILES string of the molecule is C[C](C)=[Zr+2].Cc1c[cH-]c(C)c1.Cc1c[cH-]c(C)c1. The van der Waals surface area contributed by atoms with Gasteiger partial charge in [0.1, 0.15) is 0 Å². The van der Waals surface area contributed by atoms with Crippen molar-refractivity contribution in [3.63, 3.8) is 0 Å². The largest absolute Gasteiger partial charge is 0.208 e. The summed E-state index contributed by atoms with van der Waals surface area (Å²) in [4.78, 5) is 0. The molecule has 0 nitrogen and oxygen atoms in total. The minimum atomic E-state index is 1.36. The van der Waals surface area contributed by atoms with E-state index >= 15 is 0 Å². The van der Waals surface area contributed by atoms with Crippen molar-refractivity contribution < 1.29 is 24.2 Å². The van der Waals surface area contributed by atoms with Crippen LogP contribution in [0.1, 0.15) is 36.1 Å². The maximum absolute atomic E-state index is 2.17. The van der Waals surface area contributed by atoms with Crippen LogP contribution in [0.2, 0.25) is 0 Å². The second-order valence-corrected chi connectivity index (χ2v) is 7.39. The van der Waals surface area contributed by atoms with Crippen molar-refractivity contribution in [2.75, 3.05) is 0 Å². The monoisotopic (exact) mass is 318 g/mol. The molecule has 0 aromatic heterocycles. The zero-order valence-electron chi connectivity index (χ0n) is 12.5. The van der Waals surface area contributed by atoms with Gasteiger partial charge in [-0.2, -0.15) is 35.4 Å². The van der Waals surface area contributed by atoms with Gasteiger partial charge < -0.3 is 0 Å². The summed E-state index contributed by atoms with van der Waals surface area (Å²) in [5, 5.41) is 0. The zero-order chi connectivity index (χ0) is 14.1. The molecule has 0 radical (unpaired) electrons. The Morgan fingerprint density at radius 1 is 0.833 bits per heavy atom. The van der Waals surface area contributed by atoms with Gasteiger partial charge in [0.2, 0.25) is 0 Å². The van der Waals surface area contributed by atoms with Gasteiger partial charge in [-0.05, 0) is 0 Å². The maximum atomic E-state index is 2.17. The quantitative estimate of drug-likeness (QED) is 0.612. The van der Waals surface area contributed by atoms with E-state index in [4.69, 9.17) is 0 Å². The van der Waals surface area contributed by atoms with Gasteiger partial charge in [0, 0.05) is 0 Å². The molecule has 0 amide bonds. The van der Waals surface area contributed by atoms with Crippen LogP contribution in [0.15, 0.2) is 36.4 Å². The molecule has 2 aromatic carbocycles. The van der Waals surface area contributed by atoms with Crippen LogP contribution in [0.5, 0.6) is 0 Å². The Hall–Kier alpha value is -0.547. The number of hydrogen-bond acceptors (Lipinski definition) is 0. The van der Waals surface area contributed by atoms with Crippen molar-refractivity contribution >= 4 is 3.21 Å². The molecular formula is C17H24Zr. The molecule has 0 unspecified atom stereocenters. The Morgan fingerprint density at radius 3 is 1.17 bits per heavy atom. The molecule has 1 heteroatoms. The minimum Gasteiger partial charge on any atom is -0.208 e. The normalized spacial score (nSPS) is 8.89. The maximum Gasteiger partial charge on any atom is -0.0635 e. The van der Waals surface area contributed by atoms with Gasteiger partial charge in [-0.25, -0.2) is 23.3 Å². The molecule has 0 saturated heterocycles. The van der Waals surface area contributed by atoms with Crippen molar-refractivity contribution in [1.82, 2.24) is 0 Å². The Kier molecular flexibility index (Phi) is 9.11. The van der Waals surface area contributed by atoms with E-state index in [0.29, 0.717) is 0 Å². The van der Waals surface area contributed by atoms with Crippen LogP contribution in [0.4, 0.5) is 0 Å². The van der Waals surface area contributed by atoms with Gasteiger partial charge in [0.05, 0.1) is 0 Å². The van der Waals surface area contributed by atoms with Crippen LogP contribution < -0.4 is 0 Å². The zero-order valence-corrected chi connectivity index (χ0v) is 14.9. The van der Waals surface area contributed by atoms with Crippen molar-refractivity contribution in [2.45, 2.75) is 41.5 Å². The summed E-state index contributed by atoms with van der Waals surface area (Å²) >= 11 is 1.55. The van der Waals surface area contributed by atoms with Crippen LogP contribution in [-0.4, -0.2) is 3.21 Å². The summed E-state index contributed by atoms with van der Waals surface area (Å²) in [5.41, 5.74) is 5.44. The van der Waals surface area contributed by atoms with Gasteiger partial charge >= 0.3 is 41.3 Å². The van der Waals surface area contributed by atoms with E-state index in [1.165, 1.54) is 25.5 Å². The summed E-state index contributed by atoms with van der Waals surface area (Å²) in [6.07, 6.45) is 0. The van der Waals surface area contributed by atoms with Gasteiger partial charge in [-0.3, -0.25) is 0 Å². The van der Waals surface area contributed by atoms with E-state index in [2.05, 4.69) is 77.9 Å². The first-order valence-electron chi connectivity index (χ1n) is 6.23. The Bertz CT molecular complexity index is 382. The van der Waals surface area contributed by atoms with Gasteiger partial charge in [0.25, 0.3) is 0 Å². The fraction of sp³-hybridized carbons (Fsp3) is 0.353. The van der Waals surface area contributed by atoms with Gasteiger partial charge in [-0.1, -0.05) is 27.7 Å². The number of hydrogen-bond donors (Lipinski definition) is 0. The fourth-order valence-corrected chi connectivity index (χ4v) is 1.44. The average Bonchev–Trinajstić information content (AvgIpc) is 2.76. The third kappa shape index (κ3) is 10.6. The topological polar surface area (TPSA) is 0 Å². The Morgan fingerprint density at radius 2 is 1.11 bits per heavy atom. The molecule has 0 heterocycles. The predicted octanol–water partition coefficient (Wildman–Crippen LogP) is 4.79. The molecule has 0 aliphatic carbocycles. The van der Waals surface area contributed by atoms with E-state index in [9.17, 15) is 0 Å². The Balaban J connectivity index is 0.000000253. The van der Waals surface area contributed by atoms with Crippen LogP contribution >= 0.6 is 0 Å². The van der Waals surface area contributed by atoms with E-state index in [0.717, 1.165) is 0 Å². The second kappa shape index (κ2) is 9.39. The van der Waals surface area contributed by atoms with Crippen LogP contribution in [0.25, 0.3) is 0 Å². The molecule has 0 aliphatic heterocycles. The molecule has 0 aliphatic rings. The summed E-state index contributed by atoms with van der Waals surface area (Å²) in [5.74, 6) is 0. The van der Waals surface area contributed by atoms with Crippen molar-refractivity contribution in [3.05, 3.63) is 58.7 Å². The molecule has 2 aromatic rings. The number of aryl methyl sites for hydroxylation is 4. The van der Waals surface area contributed by atoms with Crippen molar-refractivity contribution in [1.29, 1.82) is 0 Å². The summed E-state index contributed by atoms with van der Waals surface area (Å²) < 4.78 is 1.51. The third-order valence-electron chi connectivity index (χ3n) is 2.13. The molecule has 96 valence electrons. The Labute approximate surface area is 127 Å². The minimum absolute atomic E-state index is 1.36. The number of rotatable bonds is 0. The van der Waals surface area contributed by atoms with E-state index in [-0.39, 0.29) is 0 Å². The molecule has 0 fully saturated rings. The predicted molar refractivity (Wildman–Crippen MR) is 79.4 cm³/mol. The molecule has 0 spiro atoms.